The van der Waals surface area contributed by atoms with Gasteiger partial charge in [-0.1, -0.05) is 11.8 Å². The number of rotatable bonds is 3. The van der Waals surface area contributed by atoms with Crippen LogP contribution < -0.4 is 0 Å². The van der Waals surface area contributed by atoms with E-state index in [0.29, 0.717) is 27.4 Å². The van der Waals surface area contributed by atoms with Crippen LogP contribution in [0.2, 0.25) is 0 Å². The summed E-state index contributed by atoms with van der Waals surface area (Å²) in [6, 6.07) is 1.81. The van der Waals surface area contributed by atoms with Gasteiger partial charge in [-0.3, -0.25) is 14.4 Å². The molecule has 0 aromatic carbocycles. The largest absolute Gasteiger partial charge is 0.477 e. The Hall–Kier alpha value is -2.88. The second-order valence-electron chi connectivity index (χ2n) is 5.82. The van der Waals surface area contributed by atoms with Crippen molar-refractivity contribution in [3.63, 3.8) is 0 Å². The number of carbonyl (C=O) groups is 2. The second kappa shape index (κ2) is 5.31. The zero-order chi connectivity index (χ0) is 17.9. The maximum absolute atomic E-state index is 12.6. The third-order valence-electron chi connectivity index (χ3n) is 4.37. The Labute approximate surface area is 146 Å². The first-order valence-corrected chi connectivity index (χ1v) is 8.33. The number of aliphatic carboxylic acids is 1. The number of hydrogen-bond acceptors (Lipinski definition) is 6. The number of carbonyl (C=O) groups excluding carboxylic acids is 1. The SMILES string of the molecule is C/C(=C1\C(=O)N2C(C(=O)O)=C(c3cc(C)n(C)n3)S[C@H]12)c1cn[nH]n1. The van der Waals surface area contributed by atoms with Gasteiger partial charge in [0, 0.05) is 12.7 Å². The lowest BCUT2D eigenvalue weighted by atomic mass is 9.97. The second-order valence-corrected chi connectivity index (χ2v) is 6.91. The monoisotopic (exact) mass is 358 g/mol. The molecule has 2 aromatic heterocycles. The van der Waals surface area contributed by atoms with Crippen LogP contribution in [0.3, 0.4) is 0 Å². The standard InChI is InChI=1S/C15H14N6O3S/c1-6-4-8(18-20(6)3)12-11(15(23)24)21-13(22)10(14(21)25-12)7(2)9-5-16-19-17-9/h4-5,14H,1-3H3,(H,23,24)(H,16,17,19)/b10-7-/t14-/m1/s1. The number of nitrogens with zero attached hydrogens (tertiary/aromatic N) is 5. The maximum atomic E-state index is 12.6. The zero-order valence-electron chi connectivity index (χ0n) is 13.6. The summed E-state index contributed by atoms with van der Waals surface area (Å²) in [5, 5.41) is 23.9. The number of thioether (sulfide) groups is 1. The average molecular weight is 358 g/mol. The third kappa shape index (κ3) is 2.14. The normalized spacial score (nSPS) is 21.5. The van der Waals surface area contributed by atoms with Crippen molar-refractivity contribution in [2.24, 2.45) is 7.05 Å². The number of carboxylic acids is 1. The third-order valence-corrected chi connectivity index (χ3v) is 5.68. The van der Waals surface area contributed by atoms with Crippen molar-refractivity contribution in [3.8, 4) is 0 Å². The highest BCUT2D eigenvalue weighted by Crippen LogP contribution is 2.53. The molecule has 0 bridgehead atoms. The van der Waals surface area contributed by atoms with E-state index in [0.717, 1.165) is 5.69 Å². The lowest BCUT2D eigenvalue weighted by molar-refractivity contribution is -0.140. The van der Waals surface area contributed by atoms with Crippen LogP contribution in [0.25, 0.3) is 10.5 Å². The van der Waals surface area contributed by atoms with E-state index in [1.165, 1.54) is 22.9 Å². The molecular weight excluding hydrogens is 344 g/mol. The number of aryl methyl sites for hydroxylation is 2. The molecule has 9 nitrogen and oxygen atoms in total. The van der Waals surface area contributed by atoms with E-state index in [2.05, 4.69) is 20.5 Å². The van der Waals surface area contributed by atoms with Gasteiger partial charge in [0.05, 0.1) is 16.7 Å². The Morgan fingerprint density at radius 3 is 2.76 bits per heavy atom. The van der Waals surface area contributed by atoms with Crippen molar-refractivity contribution in [1.29, 1.82) is 0 Å². The minimum Gasteiger partial charge on any atom is -0.477 e. The van der Waals surface area contributed by atoms with Gasteiger partial charge in [-0.15, -0.1) is 0 Å². The van der Waals surface area contributed by atoms with Gasteiger partial charge in [-0.05, 0) is 25.5 Å². The first-order valence-electron chi connectivity index (χ1n) is 7.46. The van der Waals surface area contributed by atoms with Crippen LogP contribution in [0.4, 0.5) is 0 Å². The highest BCUT2D eigenvalue weighted by Gasteiger charge is 2.54. The van der Waals surface area contributed by atoms with Gasteiger partial charge in [0.2, 0.25) is 0 Å². The molecule has 0 saturated carbocycles. The van der Waals surface area contributed by atoms with Gasteiger partial charge in [-0.25, -0.2) is 4.79 Å². The average Bonchev–Trinajstić information content (AvgIpc) is 3.25. The summed E-state index contributed by atoms with van der Waals surface area (Å²) in [6.07, 6.45) is 1.53. The van der Waals surface area contributed by atoms with Crippen molar-refractivity contribution in [1.82, 2.24) is 30.1 Å². The number of aromatic nitrogens is 5. The molecule has 2 N–H and O–H groups in total. The molecule has 1 amide bonds. The Bertz CT molecular complexity index is 952. The maximum Gasteiger partial charge on any atom is 0.353 e. The molecule has 10 heteroatoms. The summed E-state index contributed by atoms with van der Waals surface area (Å²) < 4.78 is 1.68. The summed E-state index contributed by atoms with van der Waals surface area (Å²) >= 11 is 1.32. The van der Waals surface area contributed by atoms with Crippen molar-refractivity contribution in [2.75, 3.05) is 0 Å². The van der Waals surface area contributed by atoms with Crippen molar-refractivity contribution < 1.29 is 14.7 Å². The lowest BCUT2D eigenvalue weighted by Gasteiger charge is -2.38. The van der Waals surface area contributed by atoms with Crippen LogP contribution in [-0.2, 0) is 16.6 Å². The van der Waals surface area contributed by atoms with Crippen molar-refractivity contribution in [3.05, 3.63) is 40.6 Å². The van der Waals surface area contributed by atoms with Gasteiger partial charge in [0.25, 0.3) is 5.91 Å². The van der Waals surface area contributed by atoms with Crippen molar-refractivity contribution >= 4 is 34.1 Å². The predicted octanol–water partition coefficient (Wildman–Crippen LogP) is 0.989. The summed E-state index contributed by atoms with van der Waals surface area (Å²) in [5.74, 6) is -1.46. The molecule has 2 aliphatic rings. The fraction of sp³-hybridized carbons (Fsp3) is 0.267. The van der Waals surface area contributed by atoms with Gasteiger partial charge >= 0.3 is 5.97 Å². The molecule has 2 aliphatic heterocycles. The molecule has 0 radical (unpaired) electrons. The minimum atomic E-state index is -1.14. The fourth-order valence-corrected chi connectivity index (χ4v) is 4.37. The van der Waals surface area contributed by atoms with E-state index < -0.39 is 5.97 Å². The number of aromatic amines is 1. The van der Waals surface area contributed by atoms with Crippen LogP contribution >= 0.6 is 11.8 Å². The molecule has 0 unspecified atom stereocenters. The summed E-state index contributed by atoms with van der Waals surface area (Å²) in [5.41, 5.74) is 3.25. The smallest absolute Gasteiger partial charge is 0.353 e. The Balaban J connectivity index is 1.78. The molecular formula is C15H14N6O3S. The van der Waals surface area contributed by atoms with Crippen molar-refractivity contribution in [2.45, 2.75) is 19.2 Å². The number of β-lactam (4-membered cyclic amide) rings is 1. The highest BCUT2D eigenvalue weighted by molar-refractivity contribution is 8.09. The fourth-order valence-electron chi connectivity index (χ4n) is 2.93. The van der Waals surface area contributed by atoms with E-state index in [-0.39, 0.29) is 17.0 Å². The van der Waals surface area contributed by atoms with E-state index in [4.69, 9.17) is 0 Å². The molecule has 4 heterocycles. The van der Waals surface area contributed by atoms with Crippen LogP contribution in [0.15, 0.2) is 23.5 Å². The molecule has 1 atom stereocenters. The quantitative estimate of drug-likeness (QED) is 0.620. The predicted molar refractivity (Wildman–Crippen MR) is 89.7 cm³/mol. The number of fused-ring (bicyclic) bond motifs is 1. The molecule has 1 fully saturated rings. The molecule has 0 spiro atoms. The Morgan fingerprint density at radius 2 is 2.20 bits per heavy atom. The van der Waals surface area contributed by atoms with Crippen LogP contribution in [0, 0.1) is 6.92 Å². The van der Waals surface area contributed by atoms with E-state index in [1.807, 2.05) is 13.0 Å². The van der Waals surface area contributed by atoms with Crippen LogP contribution in [-0.4, -0.2) is 52.4 Å². The number of H-pyrrole nitrogens is 1. The Morgan fingerprint density at radius 1 is 1.44 bits per heavy atom. The number of hydrogen-bond donors (Lipinski definition) is 2. The molecule has 128 valence electrons. The first-order chi connectivity index (χ1) is 11.9. The summed E-state index contributed by atoms with van der Waals surface area (Å²) in [4.78, 5) is 26.2. The van der Waals surface area contributed by atoms with Gasteiger partial charge in [0.15, 0.2) is 0 Å². The number of amides is 1. The molecule has 25 heavy (non-hydrogen) atoms. The highest BCUT2D eigenvalue weighted by atomic mass is 32.2. The summed E-state index contributed by atoms with van der Waals surface area (Å²) in [7, 11) is 1.79. The molecule has 0 aliphatic carbocycles. The molecule has 4 rings (SSSR count). The van der Waals surface area contributed by atoms with E-state index >= 15 is 0 Å². The number of carboxylic acid groups (broad SMARTS) is 1. The van der Waals surface area contributed by atoms with Gasteiger partial charge in [0.1, 0.15) is 22.5 Å². The van der Waals surface area contributed by atoms with Gasteiger partial charge < -0.3 is 5.11 Å². The zero-order valence-corrected chi connectivity index (χ0v) is 14.5. The topological polar surface area (TPSA) is 117 Å². The molecule has 2 aromatic rings. The van der Waals surface area contributed by atoms with E-state index in [1.54, 1.807) is 18.7 Å². The number of nitrogens with one attached hydrogen (secondary N) is 1. The number of allylic oxidation sites excluding steroid dienone is 1. The van der Waals surface area contributed by atoms with Crippen LogP contribution in [0.5, 0.6) is 0 Å². The minimum absolute atomic E-state index is 0.0187. The van der Waals surface area contributed by atoms with E-state index in [9.17, 15) is 14.7 Å². The first kappa shape index (κ1) is 15.6. The Kier molecular flexibility index (Phi) is 3.32. The molecule has 1 saturated heterocycles. The van der Waals surface area contributed by atoms with Gasteiger partial charge in [-0.2, -0.15) is 20.5 Å². The van der Waals surface area contributed by atoms with Crippen LogP contribution in [0.1, 0.15) is 24.0 Å². The summed E-state index contributed by atoms with van der Waals surface area (Å²) in [6.45, 7) is 3.67. The lowest BCUT2D eigenvalue weighted by Crippen LogP contribution is -2.51.